The number of hydrogen-bond donors (Lipinski definition) is 1. The molecule has 1 amide bonds. The van der Waals surface area contributed by atoms with Crippen LogP contribution in [0, 0.1) is 11.3 Å². The van der Waals surface area contributed by atoms with Crippen molar-refractivity contribution in [3.8, 4) is 23.3 Å². The van der Waals surface area contributed by atoms with E-state index in [4.69, 9.17) is 9.47 Å². The zero-order valence-corrected chi connectivity index (χ0v) is 15.3. The maximum absolute atomic E-state index is 12.7. The van der Waals surface area contributed by atoms with Crippen LogP contribution in [-0.2, 0) is 4.79 Å². The van der Waals surface area contributed by atoms with Gasteiger partial charge < -0.3 is 14.8 Å². The number of benzene rings is 3. The van der Waals surface area contributed by atoms with Crippen molar-refractivity contribution >= 4 is 17.7 Å². The first kappa shape index (κ1) is 18.7. The number of nitrogens with zero attached hydrogens (tertiary/aromatic N) is 1. The second-order valence-corrected chi connectivity index (χ2v) is 5.78. The lowest BCUT2D eigenvalue weighted by atomic mass is 10.1. The van der Waals surface area contributed by atoms with Crippen LogP contribution in [-0.4, -0.2) is 13.0 Å². The van der Waals surface area contributed by atoms with Crippen molar-refractivity contribution in [3.05, 3.63) is 90.0 Å². The van der Waals surface area contributed by atoms with Gasteiger partial charge in [-0.1, -0.05) is 48.5 Å². The van der Waals surface area contributed by atoms with Crippen LogP contribution in [0.1, 0.15) is 5.56 Å². The van der Waals surface area contributed by atoms with Crippen molar-refractivity contribution in [2.75, 3.05) is 12.4 Å². The average molecular weight is 370 g/mol. The maximum atomic E-state index is 12.7. The molecule has 0 fully saturated rings. The summed E-state index contributed by atoms with van der Waals surface area (Å²) in [6, 6.07) is 25.4. The van der Waals surface area contributed by atoms with E-state index in [1.54, 1.807) is 30.3 Å². The minimum absolute atomic E-state index is 0.0426. The van der Waals surface area contributed by atoms with Crippen LogP contribution in [0.4, 0.5) is 5.69 Å². The summed E-state index contributed by atoms with van der Waals surface area (Å²) in [5, 5.41) is 12.2. The van der Waals surface area contributed by atoms with Gasteiger partial charge in [0.1, 0.15) is 23.1 Å². The molecule has 3 rings (SSSR count). The van der Waals surface area contributed by atoms with Crippen LogP contribution in [0.15, 0.2) is 84.4 Å². The SMILES string of the molecule is COc1ccccc1/C=C(\C#N)C(=O)Nc1ccccc1Oc1ccccc1. The fraction of sp³-hybridized carbons (Fsp3) is 0.0435. The number of para-hydroxylation sites is 4. The Morgan fingerprint density at radius 3 is 2.29 bits per heavy atom. The Kier molecular flexibility index (Phi) is 6.06. The fourth-order valence-electron chi connectivity index (χ4n) is 2.55. The number of carbonyl (C=O) groups excluding carboxylic acids is 1. The summed E-state index contributed by atoms with van der Waals surface area (Å²) in [5.41, 5.74) is 1.07. The van der Waals surface area contributed by atoms with Gasteiger partial charge in [0, 0.05) is 5.56 Å². The Hall–Kier alpha value is -4.04. The molecule has 0 atom stereocenters. The van der Waals surface area contributed by atoms with E-state index in [1.165, 1.54) is 13.2 Å². The summed E-state index contributed by atoms with van der Waals surface area (Å²) in [6.07, 6.45) is 1.49. The molecule has 0 aliphatic heterocycles. The van der Waals surface area contributed by atoms with E-state index in [2.05, 4.69) is 5.32 Å². The highest BCUT2D eigenvalue weighted by molar-refractivity contribution is 6.10. The number of anilines is 1. The first-order chi connectivity index (χ1) is 13.7. The molecule has 5 heteroatoms. The predicted octanol–water partition coefficient (Wildman–Crippen LogP) is 5.03. The van der Waals surface area contributed by atoms with Gasteiger partial charge in [-0.25, -0.2) is 0 Å². The number of carbonyl (C=O) groups is 1. The number of amides is 1. The Bertz CT molecular complexity index is 1040. The first-order valence-corrected chi connectivity index (χ1v) is 8.59. The van der Waals surface area contributed by atoms with Crippen LogP contribution in [0.3, 0.4) is 0 Å². The van der Waals surface area contributed by atoms with Crippen LogP contribution < -0.4 is 14.8 Å². The van der Waals surface area contributed by atoms with E-state index in [9.17, 15) is 10.1 Å². The second-order valence-electron chi connectivity index (χ2n) is 5.78. The number of methoxy groups -OCH3 is 1. The quantitative estimate of drug-likeness (QED) is 0.488. The smallest absolute Gasteiger partial charge is 0.266 e. The minimum Gasteiger partial charge on any atom is -0.496 e. The van der Waals surface area contributed by atoms with Crippen molar-refractivity contribution in [1.82, 2.24) is 0 Å². The molecular weight excluding hydrogens is 352 g/mol. The van der Waals surface area contributed by atoms with Gasteiger partial charge in [-0.3, -0.25) is 4.79 Å². The first-order valence-electron chi connectivity index (χ1n) is 8.59. The summed E-state index contributed by atoms with van der Waals surface area (Å²) in [5.74, 6) is 1.18. The van der Waals surface area contributed by atoms with Crippen molar-refractivity contribution < 1.29 is 14.3 Å². The zero-order chi connectivity index (χ0) is 19.8. The highest BCUT2D eigenvalue weighted by Crippen LogP contribution is 2.29. The highest BCUT2D eigenvalue weighted by Gasteiger charge is 2.14. The van der Waals surface area contributed by atoms with Gasteiger partial charge in [0.15, 0.2) is 5.75 Å². The molecule has 0 bridgehead atoms. The van der Waals surface area contributed by atoms with Gasteiger partial charge in [0.05, 0.1) is 12.8 Å². The van der Waals surface area contributed by atoms with Crippen molar-refractivity contribution in [1.29, 1.82) is 5.26 Å². The molecule has 3 aromatic rings. The van der Waals surface area contributed by atoms with E-state index in [-0.39, 0.29) is 5.57 Å². The number of rotatable bonds is 6. The number of nitrogens with one attached hydrogen (secondary N) is 1. The molecule has 0 unspecified atom stereocenters. The predicted molar refractivity (Wildman–Crippen MR) is 108 cm³/mol. The summed E-state index contributed by atoms with van der Waals surface area (Å²) in [4.78, 5) is 12.7. The molecule has 28 heavy (non-hydrogen) atoms. The molecule has 138 valence electrons. The molecule has 3 aromatic carbocycles. The molecule has 0 spiro atoms. The van der Waals surface area contributed by atoms with Crippen molar-refractivity contribution in [2.24, 2.45) is 0 Å². The van der Waals surface area contributed by atoms with Gasteiger partial charge in [-0.15, -0.1) is 0 Å². The highest BCUT2D eigenvalue weighted by atomic mass is 16.5. The van der Waals surface area contributed by atoms with Crippen molar-refractivity contribution in [2.45, 2.75) is 0 Å². The lowest BCUT2D eigenvalue weighted by Crippen LogP contribution is -2.14. The molecule has 0 radical (unpaired) electrons. The lowest BCUT2D eigenvalue weighted by Gasteiger charge is -2.12. The topological polar surface area (TPSA) is 71.3 Å². The molecular formula is C23H18N2O3. The Morgan fingerprint density at radius 1 is 0.929 bits per heavy atom. The Balaban J connectivity index is 1.84. The molecule has 0 saturated carbocycles. The van der Waals surface area contributed by atoms with Gasteiger partial charge >= 0.3 is 0 Å². The Morgan fingerprint density at radius 2 is 1.57 bits per heavy atom. The van der Waals surface area contributed by atoms with Crippen LogP contribution in [0.2, 0.25) is 0 Å². The van der Waals surface area contributed by atoms with Crippen molar-refractivity contribution in [3.63, 3.8) is 0 Å². The van der Waals surface area contributed by atoms with E-state index in [0.717, 1.165) is 0 Å². The normalized spacial score (nSPS) is 10.6. The standard InChI is InChI=1S/C23H18N2O3/c1-27-21-13-7-5-9-17(21)15-18(16-24)23(26)25-20-12-6-8-14-22(20)28-19-10-3-2-4-11-19/h2-15H,1H3,(H,25,26)/b18-15+. The second kappa shape index (κ2) is 9.06. The number of ether oxygens (including phenoxy) is 2. The zero-order valence-electron chi connectivity index (χ0n) is 15.3. The van der Waals surface area contributed by atoms with Gasteiger partial charge in [-0.05, 0) is 36.4 Å². The van der Waals surface area contributed by atoms with E-state index in [1.807, 2.05) is 54.6 Å². The Labute approximate surface area is 163 Å². The van der Waals surface area contributed by atoms with Gasteiger partial charge in [0.2, 0.25) is 0 Å². The van der Waals surface area contributed by atoms with Crippen LogP contribution in [0.5, 0.6) is 17.2 Å². The fourth-order valence-corrected chi connectivity index (χ4v) is 2.55. The third-order valence-electron chi connectivity index (χ3n) is 3.91. The third kappa shape index (κ3) is 4.57. The monoisotopic (exact) mass is 370 g/mol. The summed E-state index contributed by atoms with van der Waals surface area (Å²) in [6.45, 7) is 0. The minimum atomic E-state index is -0.530. The van der Waals surface area contributed by atoms with Crippen LogP contribution in [0.25, 0.3) is 6.08 Å². The molecule has 1 N–H and O–H groups in total. The number of nitriles is 1. The van der Waals surface area contributed by atoms with E-state index < -0.39 is 5.91 Å². The summed E-state index contributed by atoms with van der Waals surface area (Å²) in [7, 11) is 1.54. The molecule has 0 aromatic heterocycles. The lowest BCUT2D eigenvalue weighted by molar-refractivity contribution is -0.112. The molecule has 0 aliphatic carbocycles. The van der Waals surface area contributed by atoms with Gasteiger partial charge in [-0.2, -0.15) is 5.26 Å². The molecule has 0 heterocycles. The third-order valence-corrected chi connectivity index (χ3v) is 3.91. The number of hydrogen-bond acceptors (Lipinski definition) is 4. The van der Waals surface area contributed by atoms with E-state index >= 15 is 0 Å². The van der Waals surface area contributed by atoms with Crippen LogP contribution >= 0.6 is 0 Å². The molecule has 0 saturated heterocycles. The largest absolute Gasteiger partial charge is 0.496 e. The molecule has 5 nitrogen and oxygen atoms in total. The van der Waals surface area contributed by atoms with E-state index in [0.29, 0.717) is 28.5 Å². The summed E-state index contributed by atoms with van der Waals surface area (Å²) < 4.78 is 11.1. The average Bonchev–Trinajstić information content (AvgIpc) is 2.74. The summed E-state index contributed by atoms with van der Waals surface area (Å²) >= 11 is 0. The van der Waals surface area contributed by atoms with Gasteiger partial charge in [0.25, 0.3) is 5.91 Å². The molecule has 0 aliphatic rings. The maximum Gasteiger partial charge on any atom is 0.266 e.